The van der Waals surface area contributed by atoms with Gasteiger partial charge in [-0.25, -0.2) is 14.6 Å². The molecule has 0 radical (unpaired) electrons. The van der Waals surface area contributed by atoms with Crippen LogP contribution in [-0.2, 0) is 19.1 Å². The number of nitro groups is 1. The van der Waals surface area contributed by atoms with Gasteiger partial charge in [0.1, 0.15) is 5.02 Å². The summed E-state index contributed by atoms with van der Waals surface area (Å²) in [6, 6.07) is 6.89. The molecule has 12 heteroatoms. The molecule has 0 amide bonds. The monoisotopic (exact) mass is 480 g/mol. The average molecular weight is 481 g/mol. The molecular formula is C20H14Cl2N2O8. The Morgan fingerprint density at radius 2 is 1.97 bits per heavy atom. The number of benzene rings is 2. The van der Waals surface area contributed by atoms with Gasteiger partial charge in [-0.1, -0.05) is 23.2 Å². The highest BCUT2D eigenvalue weighted by Crippen LogP contribution is 2.37. The van der Waals surface area contributed by atoms with E-state index in [1.807, 2.05) is 0 Å². The molecule has 0 aromatic heterocycles. The molecule has 0 N–H and O–H groups in total. The van der Waals surface area contributed by atoms with Crippen molar-refractivity contribution in [2.24, 2.45) is 4.99 Å². The van der Waals surface area contributed by atoms with E-state index >= 15 is 0 Å². The Kier molecular flexibility index (Phi) is 6.96. The highest BCUT2D eigenvalue weighted by atomic mass is 35.5. The van der Waals surface area contributed by atoms with E-state index in [4.69, 9.17) is 37.4 Å². The van der Waals surface area contributed by atoms with Crippen molar-refractivity contribution in [3.8, 4) is 11.5 Å². The fourth-order valence-electron chi connectivity index (χ4n) is 2.63. The second kappa shape index (κ2) is 9.67. The van der Waals surface area contributed by atoms with Gasteiger partial charge in [0.15, 0.2) is 23.8 Å². The Morgan fingerprint density at radius 1 is 1.22 bits per heavy atom. The Hall–Kier alpha value is -3.63. The van der Waals surface area contributed by atoms with Gasteiger partial charge in [0.25, 0.3) is 5.69 Å². The van der Waals surface area contributed by atoms with Crippen LogP contribution in [0, 0.1) is 10.1 Å². The molecule has 32 heavy (non-hydrogen) atoms. The molecule has 2 aromatic carbocycles. The quantitative estimate of drug-likeness (QED) is 0.253. The summed E-state index contributed by atoms with van der Waals surface area (Å²) in [6.45, 7) is -0.375. The van der Waals surface area contributed by atoms with Crippen molar-refractivity contribution in [3.05, 3.63) is 67.3 Å². The fourth-order valence-corrected chi connectivity index (χ4v) is 3.09. The van der Waals surface area contributed by atoms with E-state index in [0.717, 1.165) is 6.07 Å². The standard InChI is InChI=1S/C20H14Cl2N2O8/c1-29-16-7-10(5-13(22)18(16)31-9-17(25)30-2)6-14-20(26)32-19(23-14)11-3-4-12(21)15(8-11)24(27)28/h3-8H,9H2,1-2H3/b14-6-. The van der Waals surface area contributed by atoms with Crippen molar-refractivity contribution >= 4 is 52.8 Å². The van der Waals surface area contributed by atoms with Crippen molar-refractivity contribution in [1.29, 1.82) is 0 Å². The smallest absolute Gasteiger partial charge is 0.363 e. The lowest BCUT2D eigenvalue weighted by Gasteiger charge is -2.12. The third kappa shape index (κ3) is 4.98. The zero-order valence-corrected chi connectivity index (χ0v) is 18.1. The summed E-state index contributed by atoms with van der Waals surface area (Å²) in [7, 11) is 2.60. The minimum atomic E-state index is -0.765. The number of nitro benzene ring substituents is 1. The van der Waals surface area contributed by atoms with Crippen molar-refractivity contribution < 1.29 is 33.5 Å². The molecule has 0 bridgehead atoms. The summed E-state index contributed by atoms with van der Waals surface area (Å²) in [4.78, 5) is 38.1. The van der Waals surface area contributed by atoms with E-state index in [1.165, 1.54) is 44.6 Å². The Bertz CT molecular complexity index is 1180. The summed E-state index contributed by atoms with van der Waals surface area (Å²) in [5, 5.41) is 11.1. The van der Waals surface area contributed by atoms with Crippen LogP contribution < -0.4 is 9.47 Å². The number of esters is 2. The lowest BCUT2D eigenvalue weighted by Crippen LogP contribution is -2.13. The van der Waals surface area contributed by atoms with Crippen LogP contribution >= 0.6 is 23.2 Å². The van der Waals surface area contributed by atoms with Gasteiger partial charge < -0.3 is 18.9 Å². The summed E-state index contributed by atoms with van der Waals surface area (Å²) in [6.07, 6.45) is 1.39. The van der Waals surface area contributed by atoms with E-state index in [0.29, 0.717) is 5.56 Å². The van der Waals surface area contributed by atoms with Crippen LogP contribution in [0.2, 0.25) is 10.0 Å². The van der Waals surface area contributed by atoms with Gasteiger partial charge in [0.05, 0.1) is 24.2 Å². The van der Waals surface area contributed by atoms with Gasteiger partial charge >= 0.3 is 11.9 Å². The summed E-state index contributed by atoms with van der Waals surface area (Å²) in [5.41, 5.74) is 0.217. The van der Waals surface area contributed by atoms with Gasteiger partial charge in [0.2, 0.25) is 5.90 Å². The number of hydrogen-bond donors (Lipinski definition) is 0. The summed E-state index contributed by atoms with van der Waals surface area (Å²) < 4.78 is 20.2. The SMILES string of the molecule is COC(=O)COc1c(Cl)cc(/C=C2\N=C(c3ccc(Cl)c([N+](=O)[O-])c3)OC2=O)cc1OC. The molecule has 0 aliphatic carbocycles. The first-order valence-corrected chi connectivity index (χ1v) is 9.53. The molecule has 0 atom stereocenters. The van der Waals surface area contributed by atoms with Crippen LogP contribution in [0.15, 0.2) is 41.0 Å². The second-order valence-electron chi connectivity index (χ2n) is 6.16. The molecule has 3 rings (SSSR count). The maximum Gasteiger partial charge on any atom is 0.363 e. The topological polar surface area (TPSA) is 127 Å². The molecule has 0 unspecified atom stereocenters. The predicted molar refractivity (Wildman–Crippen MR) is 114 cm³/mol. The number of ether oxygens (including phenoxy) is 4. The highest BCUT2D eigenvalue weighted by molar-refractivity contribution is 6.33. The van der Waals surface area contributed by atoms with Crippen molar-refractivity contribution in [1.82, 2.24) is 0 Å². The average Bonchev–Trinajstić information content (AvgIpc) is 3.12. The Balaban J connectivity index is 1.92. The molecule has 1 aliphatic rings. The van der Waals surface area contributed by atoms with Crippen LogP contribution in [0.5, 0.6) is 11.5 Å². The molecular weight excluding hydrogens is 467 g/mol. The maximum absolute atomic E-state index is 12.3. The van der Waals surface area contributed by atoms with Crippen LogP contribution in [0.1, 0.15) is 11.1 Å². The van der Waals surface area contributed by atoms with Crippen molar-refractivity contribution in [2.45, 2.75) is 0 Å². The number of carbonyl (C=O) groups excluding carboxylic acids is 2. The molecule has 10 nitrogen and oxygen atoms in total. The predicted octanol–water partition coefficient (Wildman–Crippen LogP) is 3.81. The van der Waals surface area contributed by atoms with E-state index < -0.39 is 16.9 Å². The van der Waals surface area contributed by atoms with Gasteiger partial charge in [-0.05, 0) is 35.9 Å². The lowest BCUT2D eigenvalue weighted by atomic mass is 10.1. The number of rotatable bonds is 7. The molecule has 0 spiro atoms. The molecule has 166 valence electrons. The third-order valence-corrected chi connectivity index (χ3v) is 4.73. The zero-order valence-electron chi connectivity index (χ0n) is 16.6. The molecule has 0 saturated heterocycles. The van der Waals surface area contributed by atoms with Crippen LogP contribution in [0.3, 0.4) is 0 Å². The number of hydrogen-bond acceptors (Lipinski definition) is 9. The number of carbonyl (C=O) groups is 2. The van der Waals surface area contributed by atoms with Crippen LogP contribution in [0.25, 0.3) is 6.08 Å². The molecule has 0 saturated carbocycles. The number of halogens is 2. The number of cyclic esters (lactones) is 1. The first-order chi connectivity index (χ1) is 15.2. The Labute approximate surface area is 191 Å². The van der Waals surface area contributed by atoms with Crippen LogP contribution in [-0.4, -0.2) is 43.6 Å². The van der Waals surface area contributed by atoms with Crippen molar-refractivity contribution in [3.63, 3.8) is 0 Å². The first kappa shape index (κ1) is 23.0. The van der Waals surface area contributed by atoms with E-state index in [2.05, 4.69) is 9.73 Å². The summed E-state index contributed by atoms with van der Waals surface area (Å²) in [5.74, 6) is -1.16. The van der Waals surface area contributed by atoms with Gasteiger partial charge in [0, 0.05) is 11.6 Å². The van der Waals surface area contributed by atoms with E-state index in [-0.39, 0.29) is 51.0 Å². The summed E-state index contributed by atoms with van der Waals surface area (Å²) >= 11 is 12.0. The molecule has 0 fully saturated rings. The number of methoxy groups -OCH3 is 2. The fraction of sp³-hybridized carbons (Fsp3) is 0.150. The van der Waals surface area contributed by atoms with Gasteiger partial charge in [-0.2, -0.15) is 0 Å². The largest absolute Gasteiger partial charge is 0.493 e. The second-order valence-corrected chi connectivity index (χ2v) is 6.97. The van der Waals surface area contributed by atoms with Gasteiger partial charge in [-0.3, -0.25) is 10.1 Å². The molecule has 2 aromatic rings. The zero-order chi connectivity index (χ0) is 23.4. The molecule has 1 aliphatic heterocycles. The normalized spacial score (nSPS) is 14.1. The van der Waals surface area contributed by atoms with Gasteiger partial charge in [-0.15, -0.1) is 0 Å². The maximum atomic E-state index is 12.3. The minimum absolute atomic E-state index is 0.0596. The van der Waals surface area contributed by atoms with Crippen LogP contribution in [0.4, 0.5) is 5.69 Å². The lowest BCUT2D eigenvalue weighted by molar-refractivity contribution is -0.384. The third-order valence-electron chi connectivity index (χ3n) is 4.13. The highest BCUT2D eigenvalue weighted by Gasteiger charge is 2.26. The Morgan fingerprint density at radius 3 is 2.62 bits per heavy atom. The first-order valence-electron chi connectivity index (χ1n) is 8.77. The molecule has 1 heterocycles. The van der Waals surface area contributed by atoms with Crippen molar-refractivity contribution in [2.75, 3.05) is 20.8 Å². The minimum Gasteiger partial charge on any atom is -0.493 e. The number of nitrogens with zero attached hydrogens (tertiary/aromatic N) is 2. The number of aliphatic imine (C=N–C) groups is 1. The van der Waals surface area contributed by atoms with E-state index in [9.17, 15) is 19.7 Å². The van der Waals surface area contributed by atoms with E-state index in [1.54, 1.807) is 0 Å².